The smallest absolute Gasteiger partial charge is 0.270 e. The zero-order chi connectivity index (χ0) is 15.6. The number of pyridine rings is 1. The maximum Gasteiger partial charge on any atom is 0.270 e. The minimum absolute atomic E-state index is 0.0423. The fraction of sp³-hybridized carbons (Fsp3) is 0. The number of nitro benzene ring substituents is 1. The second kappa shape index (κ2) is 5.96. The summed E-state index contributed by atoms with van der Waals surface area (Å²) in [6.45, 7) is 0. The van der Waals surface area contributed by atoms with Crippen LogP contribution in [0.3, 0.4) is 0 Å². The van der Waals surface area contributed by atoms with Gasteiger partial charge in [-0.05, 0) is 34.1 Å². The number of nitrogens with zero attached hydrogens (tertiary/aromatic N) is 2. The third kappa shape index (κ3) is 3.69. The maximum atomic E-state index is 12.2. The van der Waals surface area contributed by atoms with Crippen LogP contribution in [0.2, 0.25) is 5.15 Å². The summed E-state index contributed by atoms with van der Waals surface area (Å²) in [7, 11) is -3.87. The van der Waals surface area contributed by atoms with Crippen LogP contribution in [0.5, 0.6) is 0 Å². The molecule has 10 heteroatoms. The van der Waals surface area contributed by atoms with E-state index < -0.39 is 14.9 Å². The van der Waals surface area contributed by atoms with Gasteiger partial charge in [0.25, 0.3) is 15.7 Å². The molecule has 0 amide bonds. The number of hydrogen-bond acceptors (Lipinski definition) is 5. The van der Waals surface area contributed by atoms with E-state index in [0.29, 0.717) is 0 Å². The Balaban J connectivity index is 2.35. The lowest BCUT2D eigenvalue weighted by molar-refractivity contribution is -0.384. The lowest BCUT2D eigenvalue weighted by Gasteiger charge is -2.09. The molecular formula is C11H7BrClN3O4S. The predicted molar refractivity (Wildman–Crippen MR) is 80.9 cm³/mol. The molecule has 0 spiro atoms. The van der Waals surface area contributed by atoms with Gasteiger partial charge in [0.1, 0.15) is 5.15 Å². The Morgan fingerprint density at radius 2 is 2.00 bits per heavy atom. The fourth-order valence-corrected chi connectivity index (χ4v) is 3.38. The summed E-state index contributed by atoms with van der Waals surface area (Å²) in [6.07, 6.45) is 1.27. The average Bonchev–Trinajstić information content (AvgIpc) is 2.40. The van der Waals surface area contributed by atoms with Crippen molar-refractivity contribution in [3.8, 4) is 0 Å². The monoisotopic (exact) mass is 391 g/mol. The molecule has 2 aromatic rings. The van der Waals surface area contributed by atoms with Gasteiger partial charge in [-0.2, -0.15) is 0 Å². The van der Waals surface area contributed by atoms with Gasteiger partial charge in [0, 0.05) is 22.8 Å². The van der Waals surface area contributed by atoms with E-state index in [9.17, 15) is 18.5 Å². The molecule has 7 nitrogen and oxygen atoms in total. The lowest BCUT2D eigenvalue weighted by atomic mass is 10.3. The highest BCUT2D eigenvalue weighted by Crippen LogP contribution is 2.29. The third-order valence-electron chi connectivity index (χ3n) is 2.42. The van der Waals surface area contributed by atoms with Crippen LogP contribution < -0.4 is 4.72 Å². The summed E-state index contributed by atoms with van der Waals surface area (Å²) in [5, 5.41) is 10.7. The van der Waals surface area contributed by atoms with Crippen molar-refractivity contribution in [2.45, 2.75) is 4.90 Å². The molecule has 0 aliphatic carbocycles. The quantitative estimate of drug-likeness (QED) is 0.489. The number of non-ortho nitro benzene ring substituents is 1. The molecule has 21 heavy (non-hydrogen) atoms. The molecule has 0 unspecified atom stereocenters. The number of nitro groups is 1. The van der Waals surface area contributed by atoms with Gasteiger partial charge in [0.2, 0.25) is 0 Å². The zero-order valence-corrected chi connectivity index (χ0v) is 13.3. The number of nitrogens with one attached hydrogen (secondary N) is 1. The molecule has 1 heterocycles. The third-order valence-corrected chi connectivity index (χ3v) is 4.64. The van der Waals surface area contributed by atoms with Gasteiger partial charge >= 0.3 is 0 Å². The SMILES string of the molecule is O=[N+]([O-])c1ccc(NS(=O)(=O)c2ccnc(Cl)c2)c(Br)c1. The molecule has 1 aromatic carbocycles. The lowest BCUT2D eigenvalue weighted by Crippen LogP contribution is -2.13. The Bertz CT molecular complexity index is 813. The number of halogens is 2. The van der Waals surface area contributed by atoms with E-state index in [-0.39, 0.29) is 25.9 Å². The summed E-state index contributed by atoms with van der Waals surface area (Å²) in [5.74, 6) is 0. The minimum Gasteiger partial charge on any atom is -0.278 e. The molecular weight excluding hydrogens is 386 g/mol. The first-order chi connectivity index (χ1) is 9.79. The Morgan fingerprint density at radius 1 is 1.29 bits per heavy atom. The largest absolute Gasteiger partial charge is 0.278 e. The van der Waals surface area contributed by atoms with Gasteiger partial charge in [-0.15, -0.1) is 0 Å². The minimum atomic E-state index is -3.87. The van der Waals surface area contributed by atoms with E-state index in [1.807, 2.05) is 0 Å². The van der Waals surface area contributed by atoms with Crippen molar-refractivity contribution in [2.24, 2.45) is 0 Å². The summed E-state index contributed by atoms with van der Waals surface area (Å²) in [5.41, 5.74) is 0.0188. The van der Waals surface area contributed by atoms with Crippen LogP contribution in [0.1, 0.15) is 0 Å². The topological polar surface area (TPSA) is 102 Å². The normalized spacial score (nSPS) is 11.1. The van der Waals surface area contributed by atoms with Crippen molar-refractivity contribution < 1.29 is 13.3 Å². The standard InChI is InChI=1S/C11H7BrClN3O4S/c12-9-5-7(16(17)18)1-2-10(9)15-21(19,20)8-3-4-14-11(13)6-8/h1-6,15H. The van der Waals surface area contributed by atoms with E-state index in [1.165, 1.54) is 36.5 Å². The number of aromatic nitrogens is 1. The first-order valence-electron chi connectivity index (χ1n) is 5.38. The molecule has 0 aliphatic rings. The maximum absolute atomic E-state index is 12.2. The molecule has 2 rings (SSSR count). The molecule has 1 N–H and O–H groups in total. The van der Waals surface area contributed by atoms with Crippen LogP contribution in [0, 0.1) is 10.1 Å². The molecule has 1 aromatic heterocycles. The van der Waals surface area contributed by atoms with Crippen molar-refractivity contribution in [1.29, 1.82) is 0 Å². The van der Waals surface area contributed by atoms with Crippen LogP contribution in [0.15, 0.2) is 45.9 Å². The molecule has 0 saturated heterocycles. The van der Waals surface area contributed by atoms with Gasteiger partial charge in [-0.25, -0.2) is 13.4 Å². The van der Waals surface area contributed by atoms with Gasteiger partial charge < -0.3 is 0 Å². The number of benzene rings is 1. The van der Waals surface area contributed by atoms with Gasteiger partial charge in [-0.1, -0.05) is 11.6 Å². The highest BCUT2D eigenvalue weighted by Gasteiger charge is 2.17. The van der Waals surface area contributed by atoms with E-state index in [0.717, 1.165) is 0 Å². The molecule has 110 valence electrons. The molecule has 0 fully saturated rings. The van der Waals surface area contributed by atoms with Crippen molar-refractivity contribution in [1.82, 2.24) is 4.98 Å². The zero-order valence-electron chi connectivity index (χ0n) is 10.2. The molecule has 0 radical (unpaired) electrons. The Labute approximate surface area is 133 Å². The van der Waals surface area contributed by atoms with Crippen molar-refractivity contribution in [3.05, 3.63) is 56.3 Å². The highest BCUT2D eigenvalue weighted by atomic mass is 79.9. The van der Waals surface area contributed by atoms with Crippen molar-refractivity contribution in [2.75, 3.05) is 4.72 Å². The van der Waals surface area contributed by atoms with Crippen LogP contribution in [-0.2, 0) is 10.0 Å². The Kier molecular flexibility index (Phi) is 4.45. The molecule has 0 atom stereocenters. The number of sulfonamides is 1. The summed E-state index contributed by atoms with van der Waals surface area (Å²) in [4.78, 5) is 13.7. The number of anilines is 1. The summed E-state index contributed by atoms with van der Waals surface area (Å²) in [6, 6.07) is 6.18. The van der Waals surface area contributed by atoms with Crippen molar-refractivity contribution in [3.63, 3.8) is 0 Å². The molecule has 0 aliphatic heterocycles. The number of hydrogen-bond donors (Lipinski definition) is 1. The second-order valence-electron chi connectivity index (χ2n) is 3.84. The molecule has 0 saturated carbocycles. The van der Waals surface area contributed by atoms with Gasteiger partial charge in [0.15, 0.2) is 0 Å². The van der Waals surface area contributed by atoms with E-state index >= 15 is 0 Å². The Hall–Kier alpha value is -1.71. The Morgan fingerprint density at radius 3 is 2.57 bits per heavy atom. The predicted octanol–water partition coefficient (Wildman–Crippen LogP) is 3.21. The van der Waals surface area contributed by atoms with Gasteiger partial charge in [-0.3, -0.25) is 14.8 Å². The van der Waals surface area contributed by atoms with Crippen molar-refractivity contribution >= 4 is 48.9 Å². The first kappa shape index (κ1) is 15.7. The summed E-state index contributed by atoms with van der Waals surface area (Å²) >= 11 is 8.74. The van der Waals surface area contributed by atoms with Crippen LogP contribution in [0.25, 0.3) is 0 Å². The van der Waals surface area contributed by atoms with Crippen LogP contribution >= 0.6 is 27.5 Å². The average molecular weight is 393 g/mol. The number of rotatable bonds is 4. The van der Waals surface area contributed by atoms with E-state index in [2.05, 4.69) is 25.6 Å². The van der Waals surface area contributed by atoms with Crippen LogP contribution in [-0.4, -0.2) is 18.3 Å². The second-order valence-corrected chi connectivity index (χ2v) is 6.77. The van der Waals surface area contributed by atoms with E-state index in [4.69, 9.17) is 11.6 Å². The highest BCUT2D eigenvalue weighted by molar-refractivity contribution is 9.10. The summed E-state index contributed by atoms with van der Waals surface area (Å²) < 4.78 is 26.9. The van der Waals surface area contributed by atoms with E-state index in [1.54, 1.807) is 0 Å². The first-order valence-corrected chi connectivity index (χ1v) is 8.03. The fourth-order valence-electron chi connectivity index (χ4n) is 1.46. The van der Waals surface area contributed by atoms with Gasteiger partial charge in [0.05, 0.1) is 15.5 Å². The molecule has 0 bridgehead atoms. The van der Waals surface area contributed by atoms with Crippen LogP contribution in [0.4, 0.5) is 11.4 Å².